The van der Waals surface area contributed by atoms with Gasteiger partial charge in [0.15, 0.2) is 11.5 Å². The molecule has 3 rings (SSSR count). The summed E-state index contributed by atoms with van der Waals surface area (Å²) in [5.74, 6) is -0.436. The first kappa shape index (κ1) is 20.2. The monoisotopic (exact) mass is 397 g/mol. The number of benzene rings is 2. The number of nitrogens with one attached hydrogen (secondary N) is 2. The maximum Gasteiger partial charge on any atom is 0.253 e. The van der Waals surface area contributed by atoms with Crippen molar-refractivity contribution in [2.75, 3.05) is 27.9 Å². The first-order valence-electron chi connectivity index (χ1n) is 9.04. The Labute approximate surface area is 168 Å². The zero-order valence-corrected chi connectivity index (χ0v) is 16.5. The van der Waals surface area contributed by atoms with Crippen LogP contribution in [0.1, 0.15) is 17.0 Å². The molecular formula is C21H23N3O5. The Morgan fingerprint density at radius 1 is 1.10 bits per heavy atom. The topological polar surface area (TPSA) is 98.2 Å². The zero-order chi connectivity index (χ0) is 20.8. The standard InChI is InChI=1S/C21H23N3O5/c1-27-16-9-13(10-17(28-2)19(16)29-3)11-23-24-21(26)18-15(12-22-20(18)25)14-7-5-4-6-8-14/h4-11,15,18H,12H2,1-3H3,(H,22,25)(H,24,26). The second-order valence-electron chi connectivity index (χ2n) is 6.43. The molecule has 2 aromatic rings. The lowest BCUT2D eigenvalue weighted by atomic mass is 9.88. The van der Waals surface area contributed by atoms with Crippen molar-refractivity contribution in [1.82, 2.24) is 10.7 Å². The Morgan fingerprint density at radius 2 is 1.76 bits per heavy atom. The third kappa shape index (κ3) is 4.31. The highest BCUT2D eigenvalue weighted by atomic mass is 16.5. The van der Waals surface area contributed by atoms with Crippen LogP contribution in [-0.4, -0.2) is 45.9 Å². The summed E-state index contributed by atoms with van der Waals surface area (Å²) in [6.07, 6.45) is 1.45. The average molecular weight is 397 g/mol. The summed E-state index contributed by atoms with van der Waals surface area (Å²) >= 11 is 0. The van der Waals surface area contributed by atoms with Crippen molar-refractivity contribution in [3.8, 4) is 17.2 Å². The fourth-order valence-electron chi connectivity index (χ4n) is 3.35. The van der Waals surface area contributed by atoms with E-state index in [4.69, 9.17) is 14.2 Å². The Bertz CT molecular complexity index is 889. The van der Waals surface area contributed by atoms with E-state index in [1.54, 1.807) is 12.1 Å². The molecule has 1 saturated heterocycles. The van der Waals surface area contributed by atoms with Gasteiger partial charge in [0.05, 0.1) is 27.5 Å². The molecule has 0 radical (unpaired) electrons. The van der Waals surface area contributed by atoms with Gasteiger partial charge in [0.2, 0.25) is 11.7 Å². The average Bonchev–Trinajstić information content (AvgIpc) is 3.14. The van der Waals surface area contributed by atoms with Gasteiger partial charge in [-0.15, -0.1) is 0 Å². The Morgan fingerprint density at radius 3 is 2.34 bits per heavy atom. The van der Waals surface area contributed by atoms with E-state index in [2.05, 4.69) is 15.8 Å². The van der Waals surface area contributed by atoms with Crippen LogP contribution in [0.25, 0.3) is 0 Å². The summed E-state index contributed by atoms with van der Waals surface area (Å²) in [4.78, 5) is 24.8. The van der Waals surface area contributed by atoms with Crippen LogP contribution in [-0.2, 0) is 9.59 Å². The first-order chi connectivity index (χ1) is 14.1. The number of hydrazone groups is 1. The van der Waals surface area contributed by atoms with E-state index in [1.807, 2.05) is 30.3 Å². The van der Waals surface area contributed by atoms with Gasteiger partial charge in [-0.05, 0) is 17.7 Å². The fourth-order valence-corrected chi connectivity index (χ4v) is 3.35. The number of methoxy groups -OCH3 is 3. The Balaban J connectivity index is 1.74. The Kier molecular flexibility index (Phi) is 6.33. The Hall–Kier alpha value is -3.55. The number of carbonyl (C=O) groups excluding carboxylic acids is 2. The fraction of sp³-hybridized carbons (Fsp3) is 0.286. The number of amides is 2. The summed E-state index contributed by atoms with van der Waals surface area (Å²) in [6.45, 7) is 0.414. The SMILES string of the molecule is COc1cc(C=NNC(=O)C2C(=O)NCC2c2ccccc2)cc(OC)c1OC. The van der Waals surface area contributed by atoms with Gasteiger partial charge in [0.25, 0.3) is 5.91 Å². The molecule has 0 spiro atoms. The lowest BCUT2D eigenvalue weighted by Crippen LogP contribution is -2.34. The molecule has 2 N–H and O–H groups in total. The molecule has 1 heterocycles. The quantitative estimate of drug-likeness (QED) is 0.421. The van der Waals surface area contributed by atoms with Gasteiger partial charge >= 0.3 is 0 Å². The van der Waals surface area contributed by atoms with Crippen molar-refractivity contribution in [2.45, 2.75) is 5.92 Å². The minimum Gasteiger partial charge on any atom is -0.493 e. The van der Waals surface area contributed by atoms with Crippen LogP contribution in [0.4, 0.5) is 0 Å². The van der Waals surface area contributed by atoms with Crippen LogP contribution in [0, 0.1) is 5.92 Å². The largest absolute Gasteiger partial charge is 0.493 e. The molecule has 0 aromatic heterocycles. The molecule has 8 nitrogen and oxygen atoms in total. The summed E-state index contributed by atoms with van der Waals surface area (Å²) in [6, 6.07) is 12.9. The normalized spacial score (nSPS) is 18.4. The van der Waals surface area contributed by atoms with Gasteiger partial charge in [-0.2, -0.15) is 5.10 Å². The number of rotatable bonds is 7. The molecule has 152 valence electrons. The molecule has 29 heavy (non-hydrogen) atoms. The second kappa shape index (κ2) is 9.09. The molecule has 8 heteroatoms. The van der Waals surface area contributed by atoms with Crippen LogP contribution in [0.5, 0.6) is 17.2 Å². The molecule has 1 aliphatic heterocycles. The van der Waals surface area contributed by atoms with Crippen molar-refractivity contribution in [1.29, 1.82) is 0 Å². The lowest BCUT2D eigenvalue weighted by Gasteiger charge is -2.15. The second-order valence-corrected chi connectivity index (χ2v) is 6.43. The minimum atomic E-state index is -0.838. The number of ether oxygens (including phenoxy) is 3. The van der Waals surface area contributed by atoms with Crippen LogP contribution >= 0.6 is 0 Å². The predicted octanol–water partition coefficient (Wildman–Crippen LogP) is 1.69. The molecule has 2 amide bonds. The number of carbonyl (C=O) groups is 2. The first-order valence-corrected chi connectivity index (χ1v) is 9.04. The molecule has 0 saturated carbocycles. The van der Waals surface area contributed by atoms with E-state index in [0.717, 1.165) is 5.56 Å². The molecule has 0 bridgehead atoms. The lowest BCUT2D eigenvalue weighted by molar-refractivity contribution is -0.133. The van der Waals surface area contributed by atoms with Gasteiger partial charge in [-0.1, -0.05) is 30.3 Å². The molecule has 2 aromatic carbocycles. The van der Waals surface area contributed by atoms with E-state index in [9.17, 15) is 9.59 Å². The molecule has 0 aliphatic carbocycles. The number of hydrogen-bond acceptors (Lipinski definition) is 6. The van der Waals surface area contributed by atoms with Crippen molar-refractivity contribution < 1.29 is 23.8 Å². The van der Waals surface area contributed by atoms with Gasteiger partial charge in [-0.25, -0.2) is 5.43 Å². The number of hydrogen-bond donors (Lipinski definition) is 2. The summed E-state index contributed by atoms with van der Waals surface area (Å²) in [5, 5.41) is 6.75. The smallest absolute Gasteiger partial charge is 0.253 e. The van der Waals surface area contributed by atoms with Gasteiger partial charge in [0, 0.05) is 18.0 Å². The molecular weight excluding hydrogens is 374 g/mol. The van der Waals surface area contributed by atoms with Gasteiger partial charge < -0.3 is 19.5 Å². The third-order valence-electron chi connectivity index (χ3n) is 4.77. The van der Waals surface area contributed by atoms with E-state index in [0.29, 0.717) is 29.4 Å². The summed E-state index contributed by atoms with van der Waals surface area (Å²) in [7, 11) is 4.55. The third-order valence-corrected chi connectivity index (χ3v) is 4.77. The number of nitrogens with zero attached hydrogens (tertiary/aromatic N) is 1. The predicted molar refractivity (Wildman–Crippen MR) is 108 cm³/mol. The van der Waals surface area contributed by atoms with E-state index < -0.39 is 11.8 Å². The molecule has 2 unspecified atom stereocenters. The summed E-state index contributed by atoms with van der Waals surface area (Å²) in [5.41, 5.74) is 4.03. The van der Waals surface area contributed by atoms with Crippen molar-refractivity contribution in [2.24, 2.45) is 11.0 Å². The van der Waals surface area contributed by atoms with Crippen molar-refractivity contribution >= 4 is 18.0 Å². The minimum absolute atomic E-state index is 0.236. The summed E-state index contributed by atoms with van der Waals surface area (Å²) < 4.78 is 15.9. The highest BCUT2D eigenvalue weighted by molar-refractivity contribution is 6.03. The van der Waals surface area contributed by atoms with Gasteiger partial charge in [0.1, 0.15) is 5.92 Å². The van der Waals surface area contributed by atoms with E-state index >= 15 is 0 Å². The van der Waals surface area contributed by atoms with Crippen LogP contribution in [0.15, 0.2) is 47.6 Å². The zero-order valence-electron chi connectivity index (χ0n) is 16.5. The van der Waals surface area contributed by atoms with E-state index in [-0.39, 0.29) is 11.8 Å². The highest BCUT2D eigenvalue weighted by Gasteiger charge is 2.40. The maximum atomic E-state index is 12.6. The van der Waals surface area contributed by atoms with Crippen LogP contribution in [0.3, 0.4) is 0 Å². The van der Waals surface area contributed by atoms with Crippen molar-refractivity contribution in [3.05, 3.63) is 53.6 Å². The van der Waals surface area contributed by atoms with Gasteiger partial charge in [-0.3, -0.25) is 9.59 Å². The van der Waals surface area contributed by atoms with Crippen LogP contribution < -0.4 is 25.0 Å². The van der Waals surface area contributed by atoms with Crippen LogP contribution in [0.2, 0.25) is 0 Å². The molecule has 1 aliphatic rings. The van der Waals surface area contributed by atoms with Crippen molar-refractivity contribution in [3.63, 3.8) is 0 Å². The molecule has 2 atom stereocenters. The van der Waals surface area contributed by atoms with E-state index in [1.165, 1.54) is 27.5 Å². The molecule has 1 fully saturated rings. The maximum absolute atomic E-state index is 12.6. The highest BCUT2D eigenvalue weighted by Crippen LogP contribution is 2.37.